The van der Waals surface area contributed by atoms with Crippen LogP contribution in [0, 0.1) is 6.92 Å². The molecule has 3 aromatic carbocycles. The molecule has 0 saturated heterocycles. The molecule has 0 spiro atoms. The van der Waals surface area contributed by atoms with Crippen LogP contribution in [-0.4, -0.2) is 44.3 Å². The summed E-state index contributed by atoms with van der Waals surface area (Å²) < 4.78 is 28.7. The van der Waals surface area contributed by atoms with Gasteiger partial charge < -0.3 is 10.2 Å². The molecular weight excluding hydrogens is 628 g/mol. The highest BCUT2D eigenvalue weighted by Crippen LogP contribution is 2.31. The lowest BCUT2D eigenvalue weighted by Crippen LogP contribution is -2.51. The fourth-order valence-corrected chi connectivity index (χ4v) is 5.98. The Balaban J connectivity index is 2.04. The summed E-state index contributed by atoms with van der Waals surface area (Å²) in [5.74, 6) is -0.981. The minimum atomic E-state index is -4.23. The lowest BCUT2D eigenvalue weighted by molar-refractivity contribution is -0.139. The van der Waals surface area contributed by atoms with Crippen molar-refractivity contribution >= 4 is 73.9 Å². The van der Waals surface area contributed by atoms with Gasteiger partial charge in [0.1, 0.15) is 12.6 Å². The van der Waals surface area contributed by atoms with Gasteiger partial charge in [0.05, 0.1) is 30.7 Å². The smallest absolute Gasteiger partial charge is 0.264 e. The number of carbonyl (C=O) groups excluding carboxylic acids is 2. The van der Waals surface area contributed by atoms with Crippen LogP contribution in [0.3, 0.4) is 0 Å². The molecule has 0 aromatic heterocycles. The number of rotatable bonds is 12. The summed E-state index contributed by atoms with van der Waals surface area (Å²) in [7, 11) is -4.23. The summed E-state index contributed by atoms with van der Waals surface area (Å²) in [4.78, 5) is 28.3. The van der Waals surface area contributed by atoms with E-state index in [0.29, 0.717) is 17.1 Å². The Morgan fingerprint density at radius 2 is 1.49 bits per heavy atom. The van der Waals surface area contributed by atoms with Gasteiger partial charge in [-0.2, -0.15) is 0 Å². The van der Waals surface area contributed by atoms with E-state index in [4.69, 9.17) is 46.4 Å². The summed E-state index contributed by atoms with van der Waals surface area (Å²) in [6.07, 6.45) is 1.66. The first-order chi connectivity index (χ1) is 19.3. The summed E-state index contributed by atoms with van der Waals surface area (Å²) in [6.45, 7) is 5.26. The van der Waals surface area contributed by atoms with Crippen LogP contribution in [0.4, 0.5) is 5.69 Å². The zero-order valence-electron chi connectivity index (χ0n) is 22.8. The number of amides is 2. The molecule has 2 amide bonds. The van der Waals surface area contributed by atoms with Gasteiger partial charge in [-0.15, -0.1) is 0 Å². The van der Waals surface area contributed by atoms with Crippen molar-refractivity contribution in [2.75, 3.05) is 17.4 Å². The average Bonchev–Trinajstić information content (AvgIpc) is 2.93. The zero-order chi connectivity index (χ0) is 30.3. The van der Waals surface area contributed by atoms with E-state index >= 15 is 0 Å². The van der Waals surface area contributed by atoms with E-state index in [1.807, 2.05) is 13.8 Å². The van der Waals surface area contributed by atoms with Crippen LogP contribution in [-0.2, 0) is 26.2 Å². The third kappa shape index (κ3) is 8.52. The van der Waals surface area contributed by atoms with Gasteiger partial charge in [-0.1, -0.05) is 83.5 Å². The largest absolute Gasteiger partial charge is 0.354 e. The number of anilines is 1. The molecule has 0 heterocycles. The van der Waals surface area contributed by atoms with Crippen LogP contribution >= 0.6 is 46.4 Å². The molecule has 0 aliphatic heterocycles. The molecular formula is C29H31Cl4N3O4S. The van der Waals surface area contributed by atoms with Crippen LogP contribution in [0.2, 0.25) is 20.1 Å². The molecule has 0 aliphatic carbocycles. The number of benzene rings is 3. The van der Waals surface area contributed by atoms with Gasteiger partial charge in [0.2, 0.25) is 11.8 Å². The highest BCUT2D eigenvalue weighted by Gasteiger charge is 2.32. The first-order valence-corrected chi connectivity index (χ1v) is 15.9. The van der Waals surface area contributed by atoms with Crippen molar-refractivity contribution in [1.82, 2.24) is 10.2 Å². The van der Waals surface area contributed by atoms with Crippen LogP contribution < -0.4 is 9.62 Å². The lowest BCUT2D eigenvalue weighted by atomic mass is 10.1. The zero-order valence-corrected chi connectivity index (χ0v) is 26.7. The summed E-state index contributed by atoms with van der Waals surface area (Å²) in [5.41, 5.74) is 1.63. The number of hydrogen-bond acceptors (Lipinski definition) is 4. The van der Waals surface area contributed by atoms with Gasteiger partial charge in [-0.3, -0.25) is 13.9 Å². The molecule has 0 aliphatic rings. The molecule has 220 valence electrons. The van der Waals surface area contributed by atoms with Crippen LogP contribution in [0.15, 0.2) is 65.6 Å². The van der Waals surface area contributed by atoms with Crippen molar-refractivity contribution in [1.29, 1.82) is 0 Å². The molecule has 0 bridgehead atoms. The molecule has 1 unspecified atom stereocenters. The second-order valence-electron chi connectivity index (χ2n) is 9.51. The van der Waals surface area contributed by atoms with Gasteiger partial charge in [-0.25, -0.2) is 8.42 Å². The number of halogens is 4. The van der Waals surface area contributed by atoms with Crippen LogP contribution in [0.5, 0.6) is 0 Å². The van der Waals surface area contributed by atoms with E-state index in [-0.39, 0.29) is 38.1 Å². The SMILES string of the molecule is CCCCNC(=O)C(C)N(Cc1ccc(Cl)c(Cl)c1)C(=O)CN(c1ccc(Cl)c(Cl)c1)S(=O)(=O)c1ccc(C)cc1. The predicted molar refractivity (Wildman–Crippen MR) is 167 cm³/mol. The fraction of sp³-hybridized carbons (Fsp3) is 0.310. The predicted octanol–water partition coefficient (Wildman–Crippen LogP) is 7.14. The Hall–Kier alpha value is -2.49. The first-order valence-electron chi connectivity index (χ1n) is 12.9. The molecule has 0 radical (unpaired) electrons. The van der Waals surface area contributed by atoms with E-state index < -0.39 is 28.5 Å². The van der Waals surface area contributed by atoms with E-state index in [2.05, 4.69) is 5.32 Å². The maximum Gasteiger partial charge on any atom is 0.264 e. The number of carbonyl (C=O) groups is 2. The standard InChI is InChI=1S/C29H31Cl4N3O4S/c1-4-5-14-34-29(38)20(3)35(17-21-8-12-24(30)26(32)15-21)28(37)18-36(22-9-13-25(31)27(33)16-22)41(39,40)23-10-6-19(2)7-11-23/h6-13,15-16,20H,4-5,14,17-18H2,1-3H3,(H,34,38). The normalized spacial score (nSPS) is 12.1. The molecule has 7 nitrogen and oxygen atoms in total. The minimum absolute atomic E-state index is 0.0108. The third-order valence-corrected chi connectivity index (χ3v) is 9.68. The number of nitrogens with one attached hydrogen (secondary N) is 1. The number of nitrogens with zero attached hydrogens (tertiary/aromatic N) is 2. The molecule has 1 N–H and O–H groups in total. The lowest BCUT2D eigenvalue weighted by Gasteiger charge is -2.32. The Morgan fingerprint density at radius 1 is 0.878 bits per heavy atom. The van der Waals surface area contributed by atoms with Gasteiger partial charge in [0.25, 0.3) is 10.0 Å². The number of sulfonamides is 1. The second-order valence-corrected chi connectivity index (χ2v) is 13.0. The number of unbranched alkanes of at least 4 members (excludes halogenated alkanes) is 1. The van der Waals surface area contributed by atoms with Gasteiger partial charge in [0, 0.05) is 13.1 Å². The van der Waals surface area contributed by atoms with Crippen molar-refractivity contribution in [3.63, 3.8) is 0 Å². The maximum atomic E-state index is 14.0. The topological polar surface area (TPSA) is 86.8 Å². The Bertz CT molecular complexity index is 1500. The Morgan fingerprint density at radius 3 is 2.07 bits per heavy atom. The maximum absolute atomic E-state index is 14.0. The summed E-state index contributed by atoms with van der Waals surface area (Å²) in [6, 6.07) is 14.5. The Kier molecular flexibility index (Phi) is 11.8. The van der Waals surface area contributed by atoms with Crippen molar-refractivity contribution in [3.05, 3.63) is 91.9 Å². The molecule has 41 heavy (non-hydrogen) atoms. The van der Waals surface area contributed by atoms with Crippen molar-refractivity contribution in [2.45, 2.75) is 51.1 Å². The van der Waals surface area contributed by atoms with Gasteiger partial charge in [0.15, 0.2) is 0 Å². The minimum Gasteiger partial charge on any atom is -0.354 e. The third-order valence-electron chi connectivity index (χ3n) is 6.41. The van der Waals surface area contributed by atoms with Crippen molar-refractivity contribution < 1.29 is 18.0 Å². The van der Waals surface area contributed by atoms with Crippen LogP contribution in [0.25, 0.3) is 0 Å². The van der Waals surface area contributed by atoms with E-state index in [9.17, 15) is 18.0 Å². The highest BCUT2D eigenvalue weighted by atomic mass is 35.5. The fourth-order valence-electron chi connectivity index (χ4n) is 3.96. The molecule has 12 heteroatoms. The highest BCUT2D eigenvalue weighted by molar-refractivity contribution is 7.92. The van der Waals surface area contributed by atoms with Crippen molar-refractivity contribution in [2.24, 2.45) is 0 Å². The second kappa shape index (κ2) is 14.6. The molecule has 3 rings (SSSR count). The molecule has 1 atom stereocenters. The average molecular weight is 659 g/mol. The Labute approximate surface area is 261 Å². The molecule has 0 fully saturated rings. The number of aryl methyl sites for hydroxylation is 1. The van der Waals surface area contributed by atoms with E-state index in [1.165, 1.54) is 35.2 Å². The van der Waals surface area contributed by atoms with Crippen LogP contribution in [0.1, 0.15) is 37.8 Å². The summed E-state index contributed by atoms with van der Waals surface area (Å²) in [5, 5.41) is 3.82. The van der Waals surface area contributed by atoms with Crippen molar-refractivity contribution in [3.8, 4) is 0 Å². The molecule has 3 aromatic rings. The quantitative estimate of drug-likeness (QED) is 0.210. The van der Waals surface area contributed by atoms with E-state index in [1.54, 1.807) is 37.3 Å². The summed E-state index contributed by atoms with van der Waals surface area (Å²) >= 11 is 24.6. The van der Waals surface area contributed by atoms with E-state index in [0.717, 1.165) is 22.7 Å². The monoisotopic (exact) mass is 657 g/mol. The first kappa shape index (κ1) is 33.0. The number of hydrogen-bond donors (Lipinski definition) is 1. The van der Waals surface area contributed by atoms with Gasteiger partial charge >= 0.3 is 0 Å². The van der Waals surface area contributed by atoms with Gasteiger partial charge in [-0.05, 0) is 68.3 Å². The molecule has 0 saturated carbocycles.